The summed E-state index contributed by atoms with van der Waals surface area (Å²) in [7, 11) is 0. The highest BCUT2D eigenvalue weighted by Gasteiger charge is 2.00. The van der Waals surface area contributed by atoms with Gasteiger partial charge in [0.25, 0.3) is 5.56 Å². The summed E-state index contributed by atoms with van der Waals surface area (Å²) < 4.78 is 2.10. The highest BCUT2D eigenvalue weighted by Crippen LogP contribution is 2.07. The second-order valence-corrected chi connectivity index (χ2v) is 5.71. The van der Waals surface area contributed by atoms with Gasteiger partial charge in [-0.1, -0.05) is 6.07 Å². The van der Waals surface area contributed by atoms with E-state index in [1.807, 2.05) is 0 Å². The smallest absolute Gasteiger partial charge is 0.267 e. The number of hydrogen-bond donors (Lipinski definition) is 1. The molecule has 18 heavy (non-hydrogen) atoms. The van der Waals surface area contributed by atoms with Crippen molar-refractivity contribution >= 4 is 27.3 Å². The van der Waals surface area contributed by atoms with E-state index in [4.69, 9.17) is 0 Å². The van der Waals surface area contributed by atoms with E-state index in [0.29, 0.717) is 11.0 Å². The first-order valence-corrected chi connectivity index (χ1v) is 7.37. The van der Waals surface area contributed by atoms with Crippen molar-refractivity contribution in [1.29, 1.82) is 0 Å². The third-order valence-electron chi connectivity index (χ3n) is 2.52. The summed E-state index contributed by atoms with van der Waals surface area (Å²) in [6.45, 7) is 2.33. The van der Waals surface area contributed by atoms with Crippen LogP contribution in [0, 0.1) is 0 Å². The summed E-state index contributed by atoms with van der Waals surface area (Å²) in [6.07, 6.45) is 4.11. The van der Waals surface area contributed by atoms with Gasteiger partial charge >= 0.3 is 0 Å². The van der Waals surface area contributed by atoms with E-state index in [-0.39, 0.29) is 5.56 Å². The fraction of sp³-hybridized carbons (Fsp3) is 0.333. The molecule has 0 atom stereocenters. The molecule has 4 nitrogen and oxygen atoms in total. The Kier molecular flexibility index (Phi) is 5.10. The van der Waals surface area contributed by atoms with Crippen molar-refractivity contribution in [1.82, 2.24) is 14.9 Å². The van der Waals surface area contributed by atoms with Crippen molar-refractivity contribution in [3.63, 3.8) is 0 Å². The Morgan fingerprint density at radius 3 is 3.11 bits per heavy atom. The molecule has 96 valence electrons. The van der Waals surface area contributed by atoms with E-state index < -0.39 is 0 Å². The van der Waals surface area contributed by atoms with Gasteiger partial charge in [-0.25, -0.2) is 4.98 Å². The van der Waals surface area contributed by atoms with Crippen molar-refractivity contribution in [2.75, 3.05) is 13.1 Å². The molecule has 0 bridgehead atoms. The van der Waals surface area contributed by atoms with Crippen LogP contribution in [-0.4, -0.2) is 22.6 Å². The molecule has 0 amide bonds. The van der Waals surface area contributed by atoms with E-state index in [1.165, 1.54) is 11.1 Å². The maximum absolute atomic E-state index is 11.7. The molecule has 0 aliphatic carbocycles. The summed E-state index contributed by atoms with van der Waals surface area (Å²) in [6, 6.07) is 4.20. The van der Waals surface area contributed by atoms with E-state index >= 15 is 0 Å². The lowest BCUT2D eigenvalue weighted by atomic mass is 10.3. The van der Waals surface area contributed by atoms with E-state index in [0.717, 1.165) is 19.5 Å². The molecule has 1 N–H and O–H groups in total. The lowest BCUT2D eigenvalue weighted by Gasteiger charge is -2.06. The number of hydrogen-bond acceptors (Lipinski definition) is 4. The van der Waals surface area contributed by atoms with Crippen LogP contribution in [0.4, 0.5) is 0 Å². The Balaban J connectivity index is 1.72. The number of halogens is 1. The standard InChI is InChI=1S/C12H14BrN3OS/c13-11-8-15-9-16(12(11)17)6-5-14-4-3-10-2-1-7-18-10/h1-2,7-9,14H,3-6H2. The Morgan fingerprint density at radius 2 is 2.33 bits per heavy atom. The topological polar surface area (TPSA) is 46.9 Å². The predicted octanol–water partition coefficient (Wildman–Crippen LogP) is 1.90. The lowest BCUT2D eigenvalue weighted by molar-refractivity contribution is 0.579. The Labute approximate surface area is 118 Å². The van der Waals surface area contributed by atoms with Crippen LogP contribution >= 0.6 is 27.3 Å². The highest BCUT2D eigenvalue weighted by atomic mass is 79.9. The molecule has 0 spiro atoms. The van der Waals surface area contributed by atoms with Crippen LogP contribution in [-0.2, 0) is 13.0 Å². The quantitative estimate of drug-likeness (QED) is 0.824. The molecule has 0 radical (unpaired) electrons. The molecule has 0 fully saturated rings. The molecule has 0 aliphatic heterocycles. The first kappa shape index (κ1) is 13.5. The number of nitrogens with one attached hydrogen (secondary N) is 1. The minimum atomic E-state index is -0.0370. The zero-order chi connectivity index (χ0) is 12.8. The number of thiophene rings is 1. The Bertz CT molecular complexity index is 539. The van der Waals surface area contributed by atoms with Crippen molar-refractivity contribution in [2.24, 2.45) is 0 Å². The van der Waals surface area contributed by atoms with Crippen molar-refractivity contribution in [2.45, 2.75) is 13.0 Å². The molecule has 0 aromatic carbocycles. The van der Waals surface area contributed by atoms with Gasteiger partial charge in [-0.05, 0) is 33.8 Å². The molecule has 6 heteroatoms. The maximum Gasteiger partial charge on any atom is 0.267 e. The molecule has 2 aromatic rings. The van der Waals surface area contributed by atoms with Crippen LogP contribution in [0.15, 0.2) is 39.3 Å². The van der Waals surface area contributed by atoms with Gasteiger partial charge < -0.3 is 5.32 Å². The molecule has 0 saturated heterocycles. The number of aromatic nitrogens is 2. The van der Waals surface area contributed by atoms with Crippen molar-refractivity contribution in [3.8, 4) is 0 Å². The highest BCUT2D eigenvalue weighted by molar-refractivity contribution is 9.10. The van der Waals surface area contributed by atoms with Gasteiger partial charge in [0.05, 0.1) is 6.33 Å². The molecule has 0 aliphatic rings. The predicted molar refractivity (Wildman–Crippen MR) is 77.1 cm³/mol. The fourth-order valence-corrected chi connectivity index (χ4v) is 2.63. The van der Waals surface area contributed by atoms with Crippen LogP contribution in [0.5, 0.6) is 0 Å². The lowest BCUT2D eigenvalue weighted by Crippen LogP contribution is -2.28. The van der Waals surface area contributed by atoms with Crippen LogP contribution in [0.1, 0.15) is 4.88 Å². The van der Waals surface area contributed by atoms with Gasteiger partial charge in [-0.15, -0.1) is 11.3 Å². The van der Waals surface area contributed by atoms with Crippen LogP contribution in [0.25, 0.3) is 0 Å². The average molecular weight is 328 g/mol. The zero-order valence-electron chi connectivity index (χ0n) is 9.80. The SMILES string of the molecule is O=c1c(Br)cncn1CCNCCc1cccs1. The minimum absolute atomic E-state index is 0.0370. The van der Waals surface area contributed by atoms with Gasteiger partial charge in [0.15, 0.2) is 0 Å². The van der Waals surface area contributed by atoms with Crippen molar-refractivity contribution < 1.29 is 0 Å². The third-order valence-corrected chi connectivity index (χ3v) is 4.00. The van der Waals surface area contributed by atoms with E-state index in [2.05, 4.69) is 43.7 Å². The van der Waals surface area contributed by atoms with Gasteiger partial charge in [0.1, 0.15) is 4.47 Å². The summed E-state index contributed by atoms with van der Waals surface area (Å²) in [5, 5.41) is 5.41. The van der Waals surface area contributed by atoms with Crippen molar-refractivity contribution in [3.05, 3.63) is 49.7 Å². The Morgan fingerprint density at radius 1 is 1.44 bits per heavy atom. The van der Waals surface area contributed by atoms with Gasteiger partial charge in [0.2, 0.25) is 0 Å². The zero-order valence-corrected chi connectivity index (χ0v) is 12.2. The molecular weight excluding hydrogens is 314 g/mol. The summed E-state index contributed by atoms with van der Waals surface area (Å²) in [4.78, 5) is 17.0. The van der Waals surface area contributed by atoms with Crippen LogP contribution in [0.2, 0.25) is 0 Å². The van der Waals surface area contributed by atoms with Gasteiger partial charge in [-0.3, -0.25) is 9.36 Å². The van der Waals surface area contributed by atoms with Crippen LogP contribution < -0.4 is 10.9 Å². The number of nitrogens with zero attached hydrogens (tertiary/aromatic N) is 2. The average Bonchev–Trinajstić information content (AvgIpc) is 2.87. The maximum atomic E-state index is 11.7. The van der Waals surface area contributed by atoms with E-state index in [9.17, 15) is 4.79 Å². The van der Waals surface area contributed by atoms with E-state index in [1.54, 1.807) is 22.2 Å². The Hall–Kier alpha value is -0.980. The van der Waals surface area contributed by atoms with Crippen LogP contribution in [0.3, 0.4) is 0 Å². The van der Waals surface area contributed by atoms with Gasteiger partial charge in [0, 0.05) is 30.7 Å². The molecule has 2 aromatic heterocycles. The summed E-state index contributed by atoms with van der Waals surface area (Å²) in [5.41, 5.74) is -0.0370. The second kappa shape index (κ2) is 6.82. The molecule has 2 heterocycles. The molecule has 2 rings (SSSR count). The normalized spacial score (nSPS) is 10.7. The monoisotopic (exact) mass is 327 g/mol. The fourth-order valence-electron chi connectivity index (χ4n) is 1.57. The third kappa shape index (κ3) is 3.76. The summed E-state index contributed by atoms with van der Waals surface area (Å²) in [5.74, 6) is 0. The molecule has 0 saturated carbocycles. The molecule has 0 unspecified atom stereocenters. The minimum Gasteiger partial charge on any atom is -0.315 e. The second-order valence-electron chi connectivity index (χ2n) is 3.82. The largest absolute Gasteiger partial charge is 0.315 e. The first-order valence-electron chi connectivity index (χ1n) is 5.70. The number of rotatable bonds is 6. The van der Waals surface area contributed by atoms with Gasteiger partial charge in [-0.2, -0.15) is 0 Å². The first-order chi connectivity index (χ1) is 8.77. The molecular formula is C12H14BrN3OS. The summed E-state index contributed by atoms with van der Waals surface area (Å²) >= 11 is 4.95.